The number of carbonyl (C=O) groups excluding carboxylic acids is 1. The summed E-state index contributed by atoms with van der Waals surface area (Å²) in [6.07, 6.45) is 0.650. The van der Waals surface area contributed by atoms with Crippen molar-refractivity contribution < 1.29 is 4.79 Å². The quantitative estimate of drug-likeness (QED) is 0.780. The average Bonchev–Trinajstić information content (AvgIpc) is 2.40. The second kappa shape index (κ2) is 6.68. The fourth-order valence-electron chi connectivity index (χ4n) is 2.13. The lowest BCUT2D eigenvalue weighted by Crippen LogP contribution is -2.53. The van der Waals surface area contributed by atoms with Crippen LogP contribution in [0, 0.1) is 0 Å². The Labute approximate surface area is 116 Å². The Morgan fingerprint density at radius 3 is 2.37 bits per heavy atom. The molecule has 0 aliphatic rings. The molecule has 0 spiro atoms. The molecule has 0 saturated heterocycles. The zero-order valence-corrected chi connectivity index (χ0v) is 12.3. The molecule has 0 aliphatic heterocycles. The number of nitrogens with zero attached hydrogens (tertiary/aromatic N) is 1. The Morgan fingerprint density at radius 2 is 1.95 bits per heavy atom. The maximum Gasteiger partial charge on any atom is 0.242 e. The van der Waals surface area contributed by atoms with Crippen LogP contribution in [0.1, 0.15) is 25.8 Å². The third-order valence-corrected chi connectivity index (χ3v) is 3.84. The highest BCUT2D eigenvalue weighted by Gasteiger charge is 2.36. The number of primary amides is 1. The van der Waals surface area contributed by atoms with Crippen LogP contribution in [-0.4, -0.2) is 37.5 Å². The van der Waals surface area contributed by atoms with Crippen molar-refractivity contribution in [1.82, 2.24) is 10.2 Å². The van der Waals surface area contributed by atoms with Crippen LogP contribution in [0.3, 0.4) is 0 Å². The summed E-state index contributed by atoms with van der Waals surface area (Å²) in [5.41, 5.74) is 5.77. The summed E-state index contributed by atoms with van der Waals surface area (Å²) >= 11 is 0. The SMILES string of the molecule is CNC(CCN(C)C(C)C)(C(N)=O)c1ccccc1. The molecule has 4 nitrogen and oxygen atoms in total. The number of amides is 1. The Bertz CT molecular complexity index is 405. The molecule has 19 heavy (non-hydrogen) atoms. The largest absolute Gasteiger partial charge is 0.368 e. The van der Waals surface area contributed by atoms with Crippen molar-refractivity contribution >= 4 is 5.91 Å². The fraction of sp³-hybridized carbons (Fsp3) is 0.533. The Morgan fingerprint density at radius 1 is 1.37 bits per heavy atom. The highest BCUT2D eigenvalue weighted by atomic mass is 16.1. The van der Waals surface area contributed by atoms with Crippen molar-refractivity contribution in [2.45, 2.75) is 31.8 Å². The van der Waals surface area contributed by atoms with Crippen LogP contribution in [0.15, 0.2) is 30.3 Å². The number of benzene rings is 1. The number of nitrogens with one attached hydrogen (secondary N) is 1. The second-order valence-corrected chi connectivity index (χ2v) is 5.21. The second-order valence-electron chi connectivity index (χ2n) is 5.21. The third kappa shape index (κ3) is 3.55. The average molecular weight is 263 g/mol. The zero-order valence-electron chi connectivity index (χ0n) is 12.3. The fourth-order valence-corrected chi connectivity index (χ4v) is 2.13. The van der Waals surface area contributed by atoms with Crippen LogP contribution in [0.5, 0.6) is 0 Å². The smallest absolute Gasteiger partial charge is 0.242 e. The van der Waals surface area contributed by atoms with Crippen LogP contribution < -0.4 is 11.1 Å². The summed E-state index contributed by atoms with van der Waals surface area (Å²) in [5, 5.41) is 3.12. The molecular formula is C15H25N3O. The summed E-state index contributed by atoms with van der Waals surface area (Å²) < 4.78 is 0. The first-order valence-electron chi connectivity index (χ1n) is 6.68. The summed E-state index contributed by atoms with van der Waals surface area (Å²) in [4.78, 5) is 14.2. The van der Waals surface area contributed by atoms with Crippen LogP contribution in [-0.2, 0) is 10.3 Å². The monoisotopic (exact) mass is 263 g/mol. The van der Waals surface area contributed by atoms with Crippen LogP contribution in [0.4, 0.5) is 0 Å². The minimum absolute atomic E-state index is 0.335. The van der Waals surface area contributed by atoms with Crippen molar-refractivity contribution in [3.8, 4) is 0 Å². The zero-order chi connectivity index (χ0) is 14.5. The van der Waals surface area contributed by atoms with Gasteiger partial charge in [0.1, 0.15) is 5.54 Å². The molecule has 1 unspecified atom stereocenters. The van der Waals surface area contributed by atoms with E-state index in [2.05, 4.69) is 31.1 Å². The van der Waals surface area contributed by atoms with Gasteiger partial charge >= 0.3 is 0 Å². The highest BCUT2D eigenvalue weighted by Crippen LogP contribution is 2.25. The van der Waals surface area contributed by atoms with E-state index in [-0.39, 0.29) is 5.91 Å². The van der Waals surface area contributed by atoms with Crippen LogP contribution >= 0.6 is 0 Å². The molecule has 0 heterocycles. The molecule has 1 aromatic rings. The summed E-state index contributed by atoms with van der Waals surface area (Å²) in [7, 11) is 3.84. The van der Waals surface area contributed by atoms with Gasteiger partial charge in [0.05, 0.1) is 0 Å². The molecule has 0 aliphatic carbocycles. The van der Waals surface area contributed by atoms with E-state index in [1.54, 1.807) is 7.05 Å². The van der Waals surface area contributed by atoms with E-state index in [1.807, 2.05) is 30.3 Å². The first-order valence-corrected chi connectivity index (χ1v) is 6.68. The van der Waals surface area contributed by atoms with E-state index in [4.69, 9.17) is 5.73 Å². The predicted molar refractivity (Wildman–Crippen MR) is 78.8 cm³/mol. The van der Waals surface area contributed by atoms with Gasteiger partial charge in [-0.05, 0) is 39.9 Å². The molecule has 0 fully saturated rings. The topological polar surface area (TPSA) is 58.4 Å². The van der Waals surface area contributed by atoms with E-state index >= 15 is 0 Å². The molecular weight excluding hydrogens is 238 g/mol. The van der Waals surface area contributed by atoms with Gasteiger partial charge in [0.2, 0.25) is 5.91 Å². The van der Waals surface area contributed by atoms with E-state index in [1.165, 1.54) is 0 Å². The number of hydrogen-bond acceptors (Lipinski definition) is 3. The van der Waals surface area contributed by atoms with Crippen molar-refractivity contribution in [2.75, 3.05) is 20.6 Å². The molecule has 1 atom stereocenters. The summed E-state index contributed by atoms with van der Waals surface area (Å²) in [6, 6.07) is 10.1. The standard InChI is InChI=1S/C15H25N3O/c1-12(2)18(4)11-10-15(17-3,14(16)19)13-8-6-5-7-9-13/h5-9,12,17H,10-11H2,1-4H3,(H2,16,19). The molecule has 1 rings (SSSR count). The first kappa shape index (κ1) is 15.7. The van der Waals surface area contributed by atoms with Crippen LogP contribution in [0.2, 0.25) is 0 Å². The minimum atomic E-state index is -0.801. The van der Waals surface area contributed by atoms with Crippen molar-refractivity contribution in [1.29, 1.82) is 0 Å². The van der Waals surface area contributed by atoms with E-state index in [9.17, 15) is 4.79 Å². The normalized spacial score (nSPS) is 14.6. The lowest BCUT2D eigenvalue weighted by molar-refractivity contribution is -0.125. The van der Waals surface area contributed by atoms with Crippen molar-refractivity contribution in [3.63, 3.8) is 0 Å². The third-order valence-electron chi connectivity index (χ3n) is 3.84. The maximum absolute atomic E-state index is 12.0. The van der Waals surface area contributed by atoms with Gasteiger partial charge in [-0.15, -0.1) is 0 Å². The summed E-state index contributed by atoms with van der Waals surface area (Å²) in [5.74, 6) is -0.335. The number of hydrogen-bond donors (Lipinski definition) is 2. The van der Waals surface area contributed by atoms with Gasteiger partial charge in [-0.1, -0.05) is 30.3 Å². The van der Waals surface area contributed by atoms with Gasteiger partial charge < -0.3 is 16.0 Å². The van der Waals surface area contributed by atoms with Gasteiger partial charge in [0.15, 0.2) is 0 Å². The van der Waals surface area contributed by atoms with Gasteiger partial charge in [0.25, 0.3) is 0 Å². The van der Waals surface area contributed by atoms with Gasteiger partial charge in [0, 0.05) is 12.6 Å². The number of carbonyl (C=O) groups is 1. The van der Waals surface area contributed by atoms with Gasteiger partial charge in [-0.3, -0.25) is 4.79 Å². The van der Waals surface area contributed by atoms with Crippen LogP contribution in [0.25, 0.3) is 0 Å². The Kier molecular flexibility index (Phi) is 5.51. The Hall–Kier alpha value is -1.39. The molecule has 106 valence electrons. The lowest BCUT2D eigenvalue weighted by atomic mass is 9.85. The lowest BCUT2D eigenvalue weighted by Gasteiger charge is -2.33. The molecule has 1 aromatic carbocycles. The van der Waals surface area contributed by atoms with E-state index in [0.29, 0.717) is 12.5 Å². The number of likely N-dealkylation sites (N-methyl/N-ethyl adjacent to an activating group) is 1. The molecule has 4 heteroatoms. The molecule has 0 aromatic heterocycles. The molecule has 0 bridgehead atoms. The molecule has 0 radical (unpaired) electrons. The van der Waals surface area contributed by atoms with E-state index < -0.39 is 5.54 Å². The predicted octanol–water partition coefficient (Wildman–Crippen LogP) is 1.32. The van der Waals surface area contributed by atoms with Crippen molar-refractivity contribution in [3.05, 3.63) is 35.9 Å². The number of nitrogens with two attached hydrogens (primary N) is 1. The highest BCUT2D eigenvalue weighted by molar-refractivity contribution is 5.86. The Balaban J connectivity index is 2.98. The van der Waals surface area contributed by atoms with Gasteiger partial charge in [-0.2, -0.15) is 0 Å². The maximum atomic E-state index is 12.0. The molecule has 1 amide bonds. The van der Waals surface area contributed by atoms with E-state index in [0.717, 1.165) is 12.1 Å². The minimum Gasteiger partial charge on any atom is -0.368 e. The summed E-state index contributed by atoms with van der Waals surface area (Å²) in [6.45, 7) is 5.07. The molecule has 3 N–H and O–H groups in total. The van der Waals surface area contributed by atoms with Gasteiger partial charge in [-0.25, -0.2) is 0 Å². The molecule has 0 saturated carbocycles. The number of rotatable bonds is 7. The van der Waals surface area contributed by atoms with Crippen molar-refractivity contribution in [2.24, 2.45) is 5.73 Å². The first-order chi connectivity index (χ1) is 8.94.